The maximum absolute atomic E-state index is 14.2. The van der Waals surface area contributed by atoms with Crippen LogP contribution in [0.15, 0.2) is 35.5 Å². The number of rotatable bonds is 4. The molecule has 2 aromatic rings. The van der Waals surface area contributed by atoms with Gasteiger partial charge in [0, 0.05) is 37.9 Å². The molecule has 0 bridgehead atoms. The lowest BCUT2D eigenvalue weighted by molar-refractivity contribution is 0.304. The summed E-state index contributed by atoms with van der Waals surface area (Å²) in [6, 6.07) is 4.25. The second kappa shape index (κ2) is 6.64. The van der Waals surface area contributed by atoms with Crippen molar-refractivity contribution in [3.63, 3.8) is 0 Å². The van der Waals surface area contributed by atoms with Crippen molar-refractivity contribution in [2.24, 2.45) is 0 Å². The van der Waals surface area contributed by atoms with Crippen LogP contribution >= 0.6 is 0 Å². The molecule has 0 spiro atoms. The molecule has 1 aliphatic rings. The first-order valence-electron chi connectivity index (χ1n) is 8.20. The number of hydrogen-bond acceptors (Lipinski definition) is 3. The van der Waals surface area contributed by atoms with Crippen LogP contribution in [0.1, 0.15) is 37.1 Å². The van der Waals surface area contributed by atoms with E-state index in [4.69, 9.17) is 0 Å². The van der Waals surface area contributed by atoms with Gasteiger partial charge in [0.15, 0.2) is 0 Å². The summed E-state index contributed by atoms with van der Waals surface area (Å²) in [7, 11) is -3.83. The number of sulfonamides is 1. The third kappa shape index (κ3) is 3.10. The van der Waals surface area contributed by atoms with Crippen molar-refractivity contribution in [2.45, 2.75) is 44.0 Å². The van der Waals surface area contributed by atoms with Gasteiger partial charge in [-0.05, 0) is 44.4 Å². The largest absolute Gasteiger partial charge is 0.335 e. The van der Waals surface area contributed by atoms with Gasteiger partial charge in [0.2, 0.25) is 10.0 Å². The van der Waals surface area contributed by atoms with Crippen LogP contribution in [0.5, 0.6) is 0 Å². The van der Waals surface area contributed by atoms with Gasteiger partial charge in [0.25, 0.3) is 0 Å². The van der Waals surface area contributed by atoms with Crippen LogP contribution in [-0.4, -0.2) is 35.4 Å². The molecule has 0 amide bonds. The molecule has 1 fully saturated rings. The van der Waals surface area contributed by atoms with Gasteiger partial charge in [-0.1, -0.05) is 6.07 Å². The van der Waals surface area contributed by atoms with Crippen LogP contribution in [-0.2, 0) is 16.6 Å². The molecule has 7 heteroatoms. The molecule has 1 aliphatic heterocycles. The van der Waals surface area contributed by atoms with Gasteiger partial charge in [0.1, 0.15) is 16.5 Å². The van der Waals surface area contributed by atoms with Gasteiger partial charge in [-0.2, -0.15) is 4.31 Å². The van der Waals surface area contributed by atoms with Crippen LogP contribution in [0, 0.1) is 12.7 Å². The van der Waals surface area contributed by atoms with E-state index in [-0.39, 0.29) is 10.8 Å². The van der Waals surface area contributed by atoms with Gasteiger partial charge in [-0.3, -0.25) is 0 Å². The summed E-state index contributed by atoms with van der Waals surface area (Å²) >= 11 is 0. The molecule has 0 radical (unpaired) electrons. The van der Waals surface area contributed by atoms with E-state index in [2.05, 4.69) is 4.98 Å². The summed E-state index contributed by atoms with van der Waals surface area (Å²) in [4.78, 5) is 4.15. The molecule has 0 unspecified atom stereocenters. The Balaban J connectivity index is 1.88. The third-order valence-electron chi connectivity index (χ3n) is 4.54. The summed E-state index contributed by atoms with van der Waals surface area (Å²) in [5.41, 5.74) is 0.702. The van der Waals surface area contributed by atoms with E-state index in [0.29, 0.717) is 18.7 Å². The Kier molecular flexibility index (Phi) is 4.73. The minimum Gasteiger partial charge on any atom is -0.335 e. The highest BCUT2D eigenvalue weighted by Crippen LogP contribution is 2.30. The second-order valence-electron chi connectivity index (χ2n) is 6.21. The Morgan fingerprint density at radius 1 is 1.38 bits per heavy atom. The van der Waals surface area contributed by atoms with Gasteiger partial charge < -0.3 is 4.57 Å². The number of halogens is 1. The zero-order valence-corrected chi connectivity index (χ0v) is 14.8. The SMILES string of the molecule is CCn1ccnc1[C@H]1CCCN(S(=O)(=O)c2ccc(C)cc2F)C1. The quantitative estimate of drug-likeness (QED) is 0.851. The highest BCUT2D eigenvalue weighted by atomic mass is 32.2. The average molecular weight is 351 g/mol. The normalized spacial score (nSPS) is 19.5. The number of piperidine rings is 1. The summed E-state index contributed by atoms with van der Waals surface area (Å²) in [6.45, 7) is 5.32. The Hall–Kier alpha value is -1.73. The standard InChI is InChI=1S/C17H22FN3O2S/c1-3-20-10-8-19-17(20)14-5-4-9-21(12-14)24(22,23)16-7-6-13(2)11-15(16)18/h6-8,10-11,14H,3-5,9,12H2,1-2H3/t14-/m0/s1. The second-order valence-corrected chi connectivity index (χ2v) is 8.11. The molecule has 5 nitrogen and oxygen atoms in total. The molecule has 0 aliphatic carbocycles. The smallest absolute Gasteiger partial charge is 0.246 e. The summed E-state index contributed by atoms with van der Waals surface area (Å²) in [5, 5.41) is 0. The first kappa shape index (κ1) is 17.1. The lowest BCUT2D eigenvalue weighted by Gasteiger charge is -2.32. The Morgan fingerprint density at radius 2 is 2.17 bits per heavy atom. The molecule has 1 saturated heterocycles. The molecule has 24 heavy (non-hydrogen) atoms. The topological polar surface area (TPSA) is 55.2 Å². The first-order chi connectivity index (χ1) is 11.4. The highest BCUT2D eigenvalue weighted by molar-refractivity contribution is 7.89. The fourth-order valence-electron chi connectivity index (χ4n) is 3.27. The number of aromatic nitrogens is 2. The number of benzene rings is 1. The molecule has 2 heterocycles. The van der Waals surface area contributed by atoms with Crippen molar-refractivity contribution < 1.29 is 12.8 Å². The third-order valence-corrected chi connectivity index (χ3v) is 6.44. The summed E-state index contributed by atoms with van der Waals surface area (Å²) in [6.07, 6.45) is 5.28. The van der Waals surface area contributed by atoms with Crippen molar-refractivity contribution in [2.75, 3.05) is 13.1 Å². The van der Waals surface area contributed by atoms with E-state index in [9.17, 15) is 12.8 Å². The van der Waals surface area contributed by atoms with E-state index in [1.807, 2.05) is 17.7 Å². The highest BCUT2D eigenvalue weighted by Gasteiger charge is 2.33. The molecule has 0 N–H and O–H groups in total. The Bertz CT molecular complexity index is 832. The number of imidazole rings is 1. The molecule has 130 valence electrons. The van der Waals surface area contributed by atoms with E-state index in [0.717, 1.165) is 25.2 Å². The molecular formula is C17H22FN3O2S. The van der Waals surface area contributed by atoms with Gasteiger partial charge in [-0.25, -0.2) is 17.8 Å². The van der Waals surface area contributed by atoms with Crippen LogP contribution in [0.4, 0.5) is 4.39 Å². The van der Waals surface area contributed by atoms with Crippen molar-refractivity contribution in [1.82, 2.24) is 13.9 Å². The first-order valence-corrected chi connectivity index (χ1v) is 9.65. The Morgan fingerprint density at radius 3 is 2.88 bits per heavy atom. The summed E-state index contributed by atoms with van der Waals surface area (Å²) in [5.74, 6) is 0.256. The van der Waals surface area contributed by atoms with E-state index in [1.54, 1.807) is 19.2 Å². The fraction of sp³-hybridized carbons (Fsp3) is 0.471. The lowest BCUT2D eigenvalue weighted by atomic mass is 9.99. The number of nitrogens with zero attached hydrogens (tertiary/aromatic N) is 3. The maximum Gasteiger partial charge on any atom is 0.246 e. The van der Waals surface area contributed by atoms with E-state index in [1.165, 1.54) is 16.4 Å². The average Bonchev–Trinajstić information content (AvgIpc) is 3.03. The lowest BCUT2D eigenvalue weighted by Crippen LogP contribution is -2.40. The summed E-state index contributed by atoms with van der Waals surface area (Å²) < 4.78 is 43.3. The zero-order chi connectivity index (χ0) is 17.3. The zero-order valence-electron chi connectivity index (χ0n) is 13.9. The molecule has 1 aromatic carbocycles. The molecule has 1 atom stereocenters. The monoisotopic (exact) mass is 351 g/mol. The predicted molar refractivity (Wildman–Crippen MR) is 89.8 cm³/mol. The van der Waals surface area contributed by atoms with E-state index < -0.39 is 15.8 Å². The fourth-order valence-corrected chi connectivity index (χ4v) is 4.84. The predicted octanol–water partition coefficient (Wildman–Crippen LogP) is 2.92. The van der Waals surface area contributed by atoms with Gasteiger partial charge in [0.05, 0.1) is 0 Å². The number of aryl methyl sites for hydroxylation is 2. The van der Waals surface area contributed by atoms with Gasteiger partial charge >= 0.3 is 0 Å². The maximum atomic E-state index is 14.2. The van der Waals surface area contributed by atoms with Crippen LogP contribution < -0.4 is 0 Å². The Labute approximate surface area is 142 Å². The molecular weight excluding hydrogens is 329 g/mol. The van der Waals surface area contributed by atoms with Gasteiger partial charge in [-0.15, -0.1) is 0 Å². The van der Waals surface area contributed by atoms with Crippen LogP contribution in [0.25, 0.3) is 0 Å². The minimum absolute atomic E-state index is 0.0389. The molecule has 1 aromatic heterocycles. The van der Waals surface area contributed by atoms with Crippen molar-refractivity contribution >= 4 is 10.0 Å². The van der Waals surface area contributed by atoms with Crippen molar-refractivity contribution in [3.05, 3.63) is 47.8 Å². The van der Waals surface area contributed by atoms with E-state index >= 15 is 0 Å². The van der Waals surface area contributed by atoms with Crippen molar-refractivity contribution in [3.8, 4) is 0 Å². The van der Waals surface area contributed by atoms with Crippen LogP contribution in [0.3, 0.4) is 0 Å². The molecule has 3 rings (SSSR count). The van der Waals surface area contributed by atoms with Crippen molar-refractivity contribution in [1.29, 1.82) is 0 Å². The molecule has 0 saturated carbocycles. The van der Waals surface area contributed by atoms with Crippen LogP contribution in [0.2, 0.25) is 0 Å². The number of hydrogen-bond donors (Lipinski definition) is 0. The minimum atomic E-state index is -3.83.